The van der Waals surface area contributed by atoms with Gasteiger partial charge in [-0.3, -0.25) is 9.59 Å². The van der Waals surface area contributed by atoms with Gasteiger partial charge in [-0.05, 0) is 61.6 Å². The van der Waals surface area contributed by atoms with Crippen LogP contribution in [0.2, 0.25) is 0 Å². The fourth-order valence-electron chi connectivity index (χ4n) is 3.40. The molecule has 0 spiro atoms. The number of anilines is 2. The lowest BCUT2D eigenvalue weighted by molar-refractivity contribution is -0.119. The van der Waals surface area contributed by atoms with Gasteiger partial charge < -0.3 is 15.0 Å². The summed E-state index contributed by atoms with van der Waals surface area (Å²) in [5, 5.41) is 2.93. The maximum atomic E-state index is 12.6. The largest absolute Gasteiger partial charge is 0.497 e. The average molecular weight is 350 g/mol. The van der Waals surface area contributed by atoms with E-state index in [1.165, 1.54) is 5.56 Å². The van der Waals surface area contributed by atoms with Crippen LogP contribution in [-0.4, -0.2) is 25.5 Å². The van der Waals surface area contributed by atoms with Crippen molar-refractivity contribution in [2.75, 3.05) is 23.9 Å². The van der Waals surface area contributed by atoms with Gasteiger partial charge in [-0.15, -0.1) is 0 Å². The van der Waals surface area contributed by atoms with E-state index in [4.69, 9.17) is 4.74 Å². The van der Waals surface area contributed by atoms with Crippen molar-refractivity contribution >= 4 is 23.2 Å². The van der Waals surface area contributed by atoms with Crippen LogP contribution in [-0.2, 0) is 11.2 Å². The Hall–Kier alpha value is -2.82. The molecular formula is C21H22N2O3. The molecule has 2 aromatic carbocycles. The minimum absolute atomic E-state index is 0.191. The van der Waals surface area contributed by atoms with Crippen molar-refractivity contribution < 1.29 is 14.3 Å². The SMILES string of the molecule is COc1cccc(C(=O)Nc2ccc3c(c2)N(C(=O)C2CC2)CCC3)c1. The molecule has 5 nitrogen and oxygen atoms in total. The minimum Gasteiger partial charge on any atom is -0.497 e. The van der Waals surface area contributed by atoms with Crippen molar-refractivity contribution in [3.63, 3.8) is 0 Å². The van der Waals surface area contributed by atoms with E-state index in [-0.39, 0.29) is 17.7 Å². The summed E-state index contributed by atoms with van der Waals surface area (Å²) in [4.78, 5) is 27.0. The molecule has 4 rings (SSSR count). The molecule has 1 fully saturated rings. The van der Waals surface area contributed by atoms with Gasteiger partial charge in [-0.25, -0.2) is 0 Å². The van der Waals surface area contributed by atoms with E-state index in [0.29, 0.717) is 17.0 Å². The Bertz CT molecular complexity index is 858. The first-order chi connectivity index (χ1) is 12.7. The van der Waals surface area contributed by atoms with Gasteiger partial charge in [0, 0.05) is 29.4 Å². The quantitative estimate of drug-likeness (QED) is 0.916. The molecule has 0 bridgehead atoms. The topological polar surface area (TPSA) is 58.6 Å². The molecule has 26 heavy (non-hydrogen) atoms. The zero-order valence-electron chi connectivity index (χ0n) is 14.8. The van der Waals surface area contributed by atoms with E-state index in [0.717, 1.165) is 37.9 Å². The second kappa shape index (κ2) is 6.83. The number of aryl methyl sites for hydroxylation is 1. The Morgan fingerprint density at radius 1 is 1.15 bits per heavy atom. The molecule has 0 aromatic heterocycles. The van der Waals surface area contributed by atoms with Crippen LogP contribution >= 0.6 is 0 Å². The summed E-state index contributed by atoms with van der Waals surface area (Å²) in [5.74, 6) is 0.863. The normalized spacial score (nSPS) is 16.0. The van der Waals surface area contributed by atoms with Crippen LogP contribution in [0.1, 0.15) is 35.2 Å². The molecule has 1 saturated carbocycles. The highest BCUT2D eigenvalue weighted by Crippen LogP contribution is 2.37. The molecule has 5 heteroatoms. The number of nitrogens with one attached hydrogen (secondary N) is 1. The lowest BCUT2D eigenvalue weighted by atomic mass is 10.0. The predicted octanol–water partition coefficient (Wildman–Crippen LogP) is 3.64. The maximum Gasteiger partial charge on any atom is 0.255 e. The summed E-state index contributed by atoms with van der Waals surface area (Å²) in [6.45, 7) is 0.760. The van der Waals surface area contributed by atoms with Gasteiger partial charge in [0.25, 0.3) is 5.91 Å². The summed E-state index contributed by atoms with van der Waals surface area (Å²) in [6, 6.07) is 12.9. The van der Waals surface area contributed by atoms with E-state index in [9.17, 15) is 9.59 Å². The van der Waals surface area contributed by atoms with Crippen molar-refractivity contribution in [2.24, 2.45) is 5.92 Å². The van der Waals surface area contributed by atoms with Crippen molar-refractivity contribution in [3.05, 3.63) is 53.6 Å². The van der Waals surface area contributed by atoms with E-state index in [1.807, 2.05) is 23.1 Å². The fraction of sp³-hybridized carbons (Fsp3) is 0.333. The molecule has 1 heterocycles. The number of carbonyl (C=O) groups is 2. The number of rotatable bonds is 4. The summed E-state index contributed by atoms with van der Waals surface area (Å²) < 4.78 is 5.17. The number of hydrogen-bond donors (Lipinski definition) is 1. The lowest BCUT2D eigenvalue weighted by Crippen LogP contribution is -2.36. The number of carbonyl (C=O) groups excluding carboxylic acids is 2. The summed E-state index contributed by atoms with van der Waals surface area (Å²) in [5.41, 5.74) is 3.35. The Labute approximate surface area is 153 Å². The van der Waals surface area contributed by atoms with Gasteiger partial charge in [0.15, 0.2) is 0 Å². The Kier molecular flexibility index (Phi) is 4.37. The van der Waals surface area contributed by atoms with Gasteiger partial charge in [0.1, 0.15) is 5.75 Å². The molecule has 0 atom stereocenters. The van der Waals surface area contributed by atoms with Gasteiger partial charge in [0.2, 0.25) is 5.91 Å². The van der Waals surface area contributed by atoms with Crippen LogP contribution in [0.25, 0.3) is 0 Å². The number of amides is 2. The van der Waals surface area contributed by atoms with E-state index in [1.54, 1.807) is 31.4 Å². The third-order valence-corrected chi connectivity index (χ3v) is 4.99. The molecule has 1 aliphatic heterocycles. The van der Waals surface area contributed by atoms with Crippen LogP contribution in [0.3, 0.4) is 0 Å². The molecule has 0 radical (unpaired) electrons. The van der Waals surface area contributed by atoms with Crippen molar-refractivity contribution in [2.45, 2.75) is 25.7 Å². The highest BCUT2D eigenvalue weighted by Gasteiger charge is 2.35. The first-order valence-electron chi connectivity index (χ1n) is 9.05. The number of methoxy groups -OCH3 is 1. The van der Waals surface area contributed by atoms with Crippen LogP contribution in [0.5, 0.6) is 5.75 Å². The third kappa shape index (κ3) is 3.29. The van der Waals surface area contributed by atoms with Crippen LogP contribution < -0.4 is 15.0 Å². The molecule has 2 aromatic rings. The predicted molar refractivity (Wildman–Crippen MR) is 101 cm³/mol. The smallest absolute Gasteiger partial charge is 0.255 e. The number of hydrogen-bond acceptors (Lipinski definition) is 3. The molecule has 1 aliphatic carbocycles. The van der Waals surface area contributed by atoms with Gasteiger partial charge >= 0.3 is 0 Å². The van der Waals surface area contributed by atoms with Crippen LogP contribution in [0, 0.1) is 5.92 Å². The fourth-order valence-corrected chi connectivity index (χ4v) is 3.40. The number of fused-ring (bicyclic) bond motifs is 1. The van der Waals surface area contributed by atoms with Gasteiger partial charge in [-0.1, -0.05) is 12.1 Å². The van der Waals surface area contributed by atoms with Gasteiger partial charge in [-0.2, -0.15) is 0 Å². The Balaban J connectivity index is 1.57. The second-order valence-electron chi connectivity index (χ2n) is 6.90. The maximum absolute atomic E-state index is 12.6. The zero-order valence-corrected chi connectivity index (χ0v) is 14.8. The van der Waals surface area contributed by atoms with Crippen LogP contribution in [0.4, 0.5) is 11.4 Å². The standard InChI is InChI=1S/C21H22N2O3/c1-26-18-6-2-4-16(12-18)20(24)22-17-10-9-14-5-3-11-23(19(14)13-17)21(25)15-7-8-15/h2,4,6,9-10,12-13,15H,3,5,7-8,11H2,1H3,(H,22,24). The second-order valence-corrected chi connectivity index (χ2v) is 6.90. The molecule has 2 aliphatic rings. The molecule has 0 unspecified atom stereocenters. The number of nitrogens with zero attached hydrogens (tertiary/aromatic N) is 1. The van der Waals surface area contributed by atoms with Crippen LogP contribution in [0.15, 0.2) is 42.5 Å². The lowest BCUT2D eigenvalue weighted by Gasteiger charge is -2.30. The molecule has 2 amide bonds. The molecule has 134 valence electrons. The molecule has 0 saturated heterocycles. The van der Waals surface area contributed by atoms with Crippen molar-refractivity contribution in [3.8, 4) is 5.75 Å². The van der Waals surface area contributed by atoms with E-state index in [2.05, 4.69) is 5.32 Å². The number of benzene rings is 2. The highest BCUT2D eigenvalue weighted by atomic mass is 16.5. The van der Waals surface area contributed by atoms with E-state index >= 15 is 0 Å². The Morgan fingerprint density at radius 3 is 2.77 bits per heavy atom. The summed E-state index contributed by atoms with van der Waals surface area (Å²) in [7, 11) is 1.58. The molecular weight excluding hydrogens is 328 g/mol. The first-order valence-corrected chi connectivity index (χ1v) is 9.05. The first kappa shape index (κ1) is 16.6. The zero-order chi connectivity index (χ0) is 18.1. The summed E-state index contributed by atoms with van der Waals surface area (Å²) >= 11 is 0. The van der Waals surface area contributed by atoms with Crippen molar-refractivity contribution in [1.29, 1.82) is 0 Å². The Morgan fingerprint density at radius 2 is 2.00 bits per heavy atom. The number of ether oxygens (including phenoxy) is 1. The minimum atomic E-state index is -0.195. The highest BCUT2D eigenvalue weighted by molar-refractivity contribution is 6.05. The monoisotopic (exact) mass is 350 g/mol. The summed E-state index contributed by atoms with van der Waals surface area (Å²) in [6.07, 6.45) is 3.95. The van der Waals surface area contributed by atoms with Crippen molar-refractivity contribution in [1.82, 2.24) is 0 Å². The van der Waals surface area contributed by atoms with Gasteiger partial charge in [0.05, 0.1) is 7.11 Å². The third-order valence-electron chi connectivity index (χ3n) is 4.99. The van der Waals surface area contributed by atoms with E-state index < -0.39 is 0 Å². The average Bonchev–Trinajstić information content (AvgIpc) is 3.52. The molecule has 1 N–H and O–H groups in total.